The monoisotopic (exact) mass is 500 g/mol. The molecule has 2 aromatic rings. The number of primary amides is 1. The van der Waals surface area contributed by atoms with Gasteiger partial charge in [0.1, 0.15) is 11.6 Å². The first-order valence-electron chi connectivity index (χ1n) is 11.9. The van der Waals surface area contributed by atoms with Gasteiger partial charge < -0.3 is 30.9 Å². The van der Waals surface area contributed by atoms with Gasteiger partial charge in [-0.15, -0.1) is 0 Å². The van der Waals surface area contributed by atoms with Crippen molar-refractivity contribution < 1.29 is 23.1 Å². The number of aromatic nitrogens is 1. The quantitative estimate of drug-likeness (QED) is 0.501. The number of piperidine rings is 1. The molecule has 4 rings (SSSR count). The number of benzene rings is 1. The number of amides is 2. The summed E-state index contributed by atoms with van der Waals surface area (Å²) in [5, 5.41) is 5.98. The molecule has 0 saturated carbocycles. The normalized spacial score (nSPS) is 18.0. The number of nitrogens with zero attached hydrogens (tertiary/aromatic N) is 3. The number of ether oxygens (including phenoxy) is 1. The molecule has 0 aliphatic carbocycles. The fourth-order valence-corrected chi connectivity index (χ4v) is 4.57. The molecule has 2 aliphatic rings. The summed E-state index contributed by atoms with van der Waals surface area (Å²) in [5.74, 6) is -2.29. The average Bonchev–Trinajstić information content (AvgIpc) is 2.87. The highest BCUT2D eigenvalue weighted by atomic mass is 19.1. The van der Waals surface area contributed by atoms with Crippen molar-refractivity contribution in [2.24, 2.45) is 5.73 Å². The van der Waals surface area contributed by atoms with E-state index in [1.807, 2.05) is 4.90 Å². The molecular formula is C25H30F2N6O3. The van der Waals surface area contributed by atoms with Crippen LogP contribution in [0.15, 0.2) is 30.9 Å². The number of carbonyl (C=O) groups excluding carboxylic acids is 2. The Hall–Kier alpha value is -3.73. The maximum absolute atomic E-state index is 15.2. The summed E-state index contributed by atoms with van der Waals surface area (Å²) in [6.45, 7) is 8.12. The number of carbonyl (C=O) groups is 2. The van der Waals surface area contributed by atoms with E-state index in [-0.39, 0.29) is 34.7 Å². The minimum absolute atomic E-state index is 0.0113. The van der Waals surface area contributed by atoms with Crippen molar-refractivity contribution in [2.45, 2.75) is 25.8 Å². The van der Waals surface area contributed by atoms with E-state index in [4.69, 9.17) is 10.5 Å². The van der Waals surface area contributed by atoms with Crippen molar-refractivity contribution >= 4 is 34.8 Å². The first kappa shape index (κ1) is 25.4. The zero-order valence-electron chi connectivity index (χ0n) is 20.2. The van der Waals surface area contributed by atoms with E-state index in [1.54, 1.807) is 17.0 Å². The number of hydrogen-bond donors (Lipinski definition) is 3. The topological polar surface area (TPSA) is 113 Å². The summed E-state index contributed by atoms with van der Waals surface area (Å²) >= 11 is 0. The average molecular weight is 501 g/mol. The van der Waals surface area contributed by atoms with Gasteiger partial charge in [0.15, 0.2) is 11.6 Å². The standard InChI is InChI=1S/C25H30F2N6O3/c1-3-20(34)33-8-4-5-17(14-33)30-25-22(27)15(2)21(23(28)35)24(31-25)29-16-6-7-19(18(26)13-16)32-9-11-36-12-10-32/h3,6-7,13,17H,1,4-5,8-12,14H2,2H3,(H2,28,35)(H2,29,30,31). The maximum atomic E-state index is 15.2. The van der Waals surface area contributed by atoms with E-state index < -0.39 is 17.5 Å². The molecule has 2 fully saturated rings. The summed E-state index contributed by atoms with van der Waals surface area (Å²) in [6, 6.07) is 4.34. The molecule has 3 heterocycles. The Labute approximate surface area is 208 Å². The SMILES string of the molecule is C=CC(=O)N1CCCC(Nc2nc(Nc3ccc(N4CCOCC4)c(F)c3)c(C(N)=O)c(C)c2F)C1. The predicted molar refractivity (Wildman–Crippen MR) is 134 cm³/mol. The lowest BCUT2D eigenvalue weighted by molar-refractivity contribution is -0.127. The highest BCUT2D eigenvalue weighted by molar-refractivity contribution is 6.00. The summed E-state index contributed by atoms with van der Waals surface area (Å²) in [5.41, 5.74) is 6.21. The van der Waals surface area contributed by atoms with Crippen LogP contribution in [0.25, 0.3) is 0 Å². The van der Waals surface area contributed by atoms with Crippen LogP contribution in [0.5, 0.6) is 0 Å². The van der Waals surface area contributed by atoms with Gasteiger partial charge in [-0.3, -0.25) is 9.59 Å². The van der Waals surface area contributed by atoms with E-state index in [9.17, 15) is 14.0 Å². The second-order valence-corrected chi connectivity index (χ2v) is 8.85. The summed E-state index contributed by atoms with van der Waals surface area (Å²) in [6.07, 6.45) is 2.69. The van der Waals surface area contributed by atoms with Gasteiger partial charge in [-0.2, -0.15) is 0 Å². The molecule has 1 aromatic carbocycles. The number of anilines is 4. The number of nitrogens with two attached hydrogens (primary N) is 1. The zero-order chi connectivity index (χ0) is 25.8. The second-order valence-electron chi connectivity index (χ2n) is 8.85. The van der Waals surface area contributed by atoms with Crippen LogP contribution in [0.3, 0.4) is 0 Å². The molecule has 2 amide bonds. The van der Waals surface area contributed by atoms with Gasteiger partial charge >= 0.3 is 0 Å². The van der Waals surface area contributed by atoms with Crippen LogP contribution in [-0.2, 0) is 9.53 Å². The van der Waals surface area contributed by atoms with Gasteiger partial charge in [0.05, 0.1) is 24.5 Å². The largest absolute Gasteiger partial charge is 0.378 e. The fourth-order valence-electron chi connectivity index (χ4n) is 4.57. The highest BCUT2D eigenvalue weighted by Crippen LogP contribution is 2.31. The Morgan fingerprint density at radius 3 is 2.64 bits per heavy atom. The second kappa shape index (κ2) is 10.9. The van der Waals surface area contributed by atoms with Crippen molar-refractivity contribution in [3.63, 3.8) is 0 Å². The Morgan fingerprint density at radius 2 is 1.97 bits per heavy atom. The minimum atomic E-state index is -0.862. The Kier molecular flexibility index (Phi) is 7.68. The van der Waals surface area contributed by atoms with Gasteiger partial charge in [0.2, 0.25) is 5.91 Å². The number of rotatable bonds is 7. The Morgan fingerprint density at radius 1 is 1.22 bits per heavy atom. The summed E-state index contributed by atoms with van der Waals surface area (Å²) < 4.78 is 35.4. The number of hydrogen-bond acceptors (Lipinski definition) is 7. The predicted octanol–water partition coefficient (Wildman–Crippen LogP) is 2.94. The first-order chi connectivity index (χ1) is 17.3. The molecule has 0 spiro atoms. The molecular weight excluding hydrogens is 470 g/mol. The number of halogens is 2. The minimum Gasteiger partial charge on any atom is -0.378 e. The molecule has 1 aromatic heterocycles. The van der Waals surface area contributed by atoms with Crippen molar-refractivity contribution in [2.75, 3.05) is 54.9 Å². The third-order valence-corrected chi connectivity index (χ3v) is 6.43. The smallest absolute Gasteiger partial charge is 0.252 e. The van der Waals surface area contributed by atoms with E-state index in [0.29, 0.717) is 57.2 Å². The molecule has 0 bridgehead atoms. The molecule has 4 N–H and O–H groups in total. The molecule has 11 heteroatoms. The first-order valence-corrected chi connectivity index (χ1v) is 11.9. The lowest BCUT2D eigenvalue weighted by atomic mass is 10.0. The van der Waals surface area contributed by atoms with Crippen LogP contribution < -0.4 is 21.3 Å². The van der Waals surface area contributed by atoms with Gasteiger partial charge in [-0.25, -0.2) is 13.8 Å². The maximum Gasteiger partial charge on any atom is 0.252 e. The number of likely N-dealkylation sites (tertiary alicyclic amines) is 1. The van der Waals surface area contributed by atoms with Gasteiger partial charge in [0.25, 0.3) is 5.91 Å². The molecule has 9 nitrogen and oxygen atoms in total. The van der Waals surface area contributed by atoms with Gasteiger partial charge in [-0.1, -0.05) is 6.58 Å². The molecule has 2 saturated heterocycles. The Balaban J connectivity index is 1.60. The number of pyridine rings is 1. The fraction of sp³-hybridized carbons (Fsp3) is 0.400. The molecule has 1 atom stereocenters. The highest BCUT2D eigenvalue weighted by Gasteiger charge is 2.26. The molecule has 2 aliphatic heterocycles. The van der Waals surface area contributed by atoms with E-state index in [1.165, 1.54) is 19.1 Å². The van der Waals surface area contributed by atoms with Crippen molar-refractivity contribution in [3.8, 4) is 0 Å². The molecule has 0 radical (unpaired) electrons. The van der Waals surface area contributed by atoms with Gasteiger partial charge in [-0.05, 0) is 44.0 Å². The van der Waals surface area contributed by atoms with Crippen molar-refractivity contribution in [1.29, 1.82) is 0 Å². The van der Waals surface area contributed by atoms with Gasteiger partial charge in [0, 0.05) is 43.5 Å². The van der Waals surface area contributed by atoms with Crippen LogP contribution in [-0.4, -0.2) is 67.1 Å². The van der Waals surface area contributed by atoms with Crippen LogP contribution in [0.1, 0.15) is 28.8 Å². The number of nitrogens with one attached hydrogen (secondary N) is 2. The van der Waals surface area contributed by atoms with Crippen LogP contribution in [0.2, 0.25) is 0 Å². The van der Waals surface area contributed by atoms with Crippen LogP contribution in [0.4, 0.5) is 31.8 Å². The van der Waals surface area contributed by atoms with E-state index >= 15 is 4.39 Å². The van der Waals surface area contributed by atoms with Crippen molar-refractivity contribution in [1.82, 2.24) is 9.88 Å². The Bertz CT molecular complexity index is 1170. The summed E-state index contributed by atoms with van der Waals surface area (Å²) in [7, 11) is 0. The van der Waals surface area contributed by atoms with Crippen molar-refractivity contribution in [3.05, 3.63) is 53.6 Å². The zero-order valence-corrected chi connectivity index (χ0v) is 20.2. The molecule has 36 heavy (non-hydrogen) atoms. The molecule has 1 unspecified atom stereocenters. The van der Waals surface area contributed by atoms with E-state index in [2.05, 4.69) is 22.2 Å². The van der Waals surface area contributed by atoms with E-state index in [0.717, 1.165) is 6.42 Å². The lowest BCUT2D eigenvalue weighted by Gasteiger charge is -2.33. The third kappa shape index (κ3) is 5.40. The number of morpholine rings is 1. The molecule has 192 valence electrons. The lowest BCUT2D eigenvalue weighted by Crippen LogP contribution is -2.44. The third-order valence-electron chi connectivity index (χ3n) is 6.43. The van der Waals surface area contributed by atoms with Crippen LogP contribution in [0, 0.1) is 18.6 Å². The van der Waals surface area contributed by atoms with Crippen LogP contribution >= 0.6 is 0 Å². The summed E-state index contributed by atoms with van der Waals surface area (Å²) in [4.78, 5) is 32.0.